The van der Waals surface area contributed by atoms with Gasteiger partial charge in [0.05, 0.1) is 13.2 Å². The highest BCUT2D eigenvalue weighted by Crippen LogP contribution is 2.23. The van der Waals surface area contributed by atoms with E-state index in [0.29, 0.717) is 13.2 Å². The van der Waals surface area contributed by atoms with Crippen molar-refractivity contribution in [3.8, 4) is 0 Å². The normalized spacial score (nSPS) is 14.9. The summed E-state index contributed by atoms with van der Waals surface area (Å²) >= 11 is 0. The maximum absolute atomic E-state index is 5.41. The molecule has 3 heteroatoms. The largest absolute Gasteiger partial charge is 0.382 e. The van der Waals surface area contributed by atoms with Crippen LogP contribution in [0.2, 0.25) is 0 Å². The van der Waals surface area contributed by atoms with Gasteiger partial charge in [0.15, 0.2) is 0 Å². The first-order chi connectivity index (χ1) is 7.18. The van der Waals surface area contributed by atoms with E-state index in [2.05, 4.69) is 18.8 Å². The SMILES string of the molecule is C=CC(C)(CCCOCCOC)CNC. The Hall–Kier alpha value is -0.380. The zero-order valence-electron chi connectivity index (χ0n) is 10.3. The van der Waals surface area contributed by atoms with Crippen LogP contribution in [0.4, 0.5) is 0 Å². The molecule has 0 radical (unpaired) electrons. The first-order valence-corrected chi connectivity index (χ1v) is 5.53. The van der Waals surface area contributed by atoms with Gasteiger partial charge in [0, 0.05) is 20.3 Å². The third-order valence-corrected chi connectivity index (χ3v) is 2.54. The fraction of sp³-hybridized carbons (Fsp3) is 0.833. The molecule has 0 saturated heterocycles. The van der Waals surface area contributed by atoms with E-state index in [1.165, 1.54) is 0 Å². The average molecular weight is 215 g/mol. The minimum atomic E-state index is 0.180. The van der Waals surface area contributed by atoms with Crippen LogP contribution in [0.25, 0.3) is 0 Å². The minimum Gasteiger partial charge on any atom is -0.382 e. The summed E-state index contributed by atoms with van der Waals surface area (Å²) in [6, 6.07) is 0. The Morgan fingerprint density at radius 3 is 2.60 bits per heavy atom. The van der Waals surface area contributed by atoms with Crippen LogP contribution in [-0.4, -0.2) is 40.5 Å². The van der Waals surface area contributed by atoms with Gasteiger partial charge >= 0.3 is 0 Å². The quantitative estimate of drug-likeness (QED) is 0.445. The molecule has 0 spiro atoms. The molecule has 15 heavy (non-hydrogen) atoms. The second kappa shape index (κ2) is 8.89. The molecule has 1 atom stereocenters. The molecule has 0 saturated carbocycles. The van der Waals surface area contributed by atoms with Crippen LogP contribution in [0.5, 0.6) is 0 Å². The van der Waals surface area contributed by atoms with Gasteiger partial charge in [-0.1, -0.05) is 13.0 Å². The van der Waals surface area contributed by atoms with Crippen molar-refractivity contribution in [2.24, 2.45) is 5.41 Å². The van der Waals surface area contributed by atoms with E-state index in [4.69, 9.17) is 9.47 Å². The van der Waals surface area contributed by atoms with Crippen LogP contribution in [-0.2, 0) is 9.47 Å². The molecule has 0 aromatic carbocycles. The van der Waals surface area contributed by atoms with Gasteiger partial charge in [0.1, 0.15) is 0 Å². The van der Waals surface area contributed by atoms with Gasteiger partial charge in [-0.25, -0.2) is 0 Å². The van der Waals surface area contributed by atoms with Crippen LogP contribution in [0.3, 0.4) is 0 Å². The van der Waals surface area contributed by atoms with Gasteiger partial charge in [-0.3, -0.25) is 0 Å². The molecule has 0 aliphatic carbocycles. The van der Waals surface area contributed by atoms with E-state index in [-0.39, 0.29) is 5.41 Å². The lowest BCUT2D eigenvalue weighted by Gasteiger charge is -2.25. The summed E-state index contributed by atoms with van der Waals surface area (Å²) in [5.74, 6) is 0. The lowest BCUT2D eigenvalue weighted by molar-refractivity contribution is 0.0659. The predicted octanol–water partition coefficient (Wildman–Crippen LogP) is 1.84. The smallest absolute Gasteiger partial charge is 0.0700 e. The van der Waals surface area contributed by atoms with E-state index >= 15 is 0 Å². The third kappa shape index (κ3) is 7.54. The number of ether oxygens (including phenoxy) is 2. The summed E-state index contributed by atoms with van der Waals surface area (Å²) in [5.41, 5.74) is 0.180. The molecular weight excluding hydrogens is 190 g/mol. The predicted molar refractivity (Wildman–Crippen MR) is 64.2 cm³/mol. The Bertz CT molecular complexity index is 162. The molecule has 1 unspecified atom stereocenters. The second-order valence-electron chi connectivity index (χ2n) is 4.10. The van der Waals surface area contributed by atoms with Gasteiger partial charge in [-0.05, 0) is 25.3 Å². The Morgan fingerprint density at radius 2 is 2.07 bits per heavy atom. The van der Waals surface area contributed by atoms with Crippen LogP contribution in [0.15, 0.2) is 12.7 Å². The molecule has 0 rings (SSSR count). The molecular formula is C12H25NO2. The lowest BCUT2D eigenvalue weighted by atomic mass is 9.86. The fourth-order valence-corrected chi connectivity index (χ4v) is 1.49. The van der Waals surface area contributed by atoms with Crippen molar-refractivity contribution < 1.29 is 9.47 Å². The summed E-state index contributed by atoms with van der Waals surface area (Å²) in [4.78, 5) is 0. The Morgan fingerprint density at radius 1 is 1.33 bits per heavy atom. The van der Waals surface area contributed by atoms with Gasteiger partial charge in [-0.15, -0.1) is 6.58 Å². The standard InChI is InChI=1S/C12H25NO2/c1-5-12(2,11-13-3)7-6-8-15-10-9-14-4/h5,13H,1,6-11H2,2-4H3. The maximum atomic E-state index is 5.41. The van der Waals surface area contributed by atoms with E-state index in [1.54, 1.807) is 7.11 Å². The number of hydrogen-bond donors (Lipinski definition) is 1. The third-order valence-electron chi connectivity index (χ3n) is 2.54. The number of nitrogens with one attached hydrogen (secondary N) is 1. The zero-order valence-corrected chi connectivity index (χ0v) is 10.3. The molecule has 0 amide bonds. The summed E-state index contributed by atoms with van der Waals surface area (Å²) in [6.45, 7) is 9.23. The van der Waals surface area contributed by atoms with Crippen molar-refractivity contribution in [1.29, 1.82) is 0 Å². The van der Waals surface area contributed by atoms with Crippen molar-refractivity contribution in [3.05, 3.63) is 12.7 Å². The Balaban J connectivity index is 3.50. The molecule has 0 heterocycles. The number of rotatable bonds is 10. The molecule has 0 aliphatic rings. The van der Waals surface area contributed by atoms with Crippen molar-refractivity contribution in [1.82, 2.24) is 5.32 Å². The highest BCUT2D eigenvalue weighted by atomic mass is 16.5. The molecule has 0 fully saturated rings. The highest BCUT2D eigenvalue weighted by Gasteiger charge is 2.18. The molecule has 1 N–H and O–H groups in total. The van der Waals surface area contributed by atoms with Gasteiger partial charge in [-0.2, -0.15) is 0 Å². The van der Waals surface area contributed by atoms with Crippen molar-refractivity contribution in [3.63, 3.8) is 0 Å². The molecule has 90 valence electrons. The first-order valence-electron chi connectivity index (χ1n) is 5.53. The first kappa shape index (κ1) is 14.6. The second-order valence-corrected chi connectivity index (χ2v) is 4.10. The summed E-state index contributed by atoms with van der Waals surface area (Å²) in [7, 11) is 3.65. The van der Waals surface area contributed by atoms with Crippen molar-refractivity contribution >= 4 is 0 Å². The summed E-state index contributed by atoms with van der Waals surface area (Å²) in [6.07, 6.45) is 4.19. The van der Waals surface area contributed by atoms with Crippen molar-refractivity contribution in [2.75, 3.05) is 40.5 Å². The molecule has 0 aromatic rings. The summed E-state index contributed by atoms with van der Waals surface area (Å²) in [5, 5.41) is 3.19. The van der Waals surface area contributed by atoms with E-state index < -0.39 is 0 Å². The fourth-order valence-electron chi connectivity index (χ4n) is 1.49. The summed E-state index contributed by atoms with van der Waals surface area (Å²) < 4.78 is 10.3. The molecule has 3 nitrogen and oxygen atoms in total. The topological polar surface area (TPSA) is 30.5 Å². The number of hydrogen-bond acceptors (Lipinski definition) is 3. The lowest BCUT2D eigenvalue weighted by Crippen LogP contribution is -2.28. The zero-order chi connectivity index (χ0) is 11.6. The van der Waals surface area contributed by atoms with Crippen molar-refractivity contribution in [2.45, 2.75) is 19.8 Å². The minimum absolute atomic E-state index is 0.180. The molecule has 0 bridgehead atoms. The molecule has 0 aromatic heterocycles. The van der Waals surface area contributed by atoms with E-state index in [9.17, 15) is 0 Å². The highest BCUT2D eigenvalue weighted by molar-refractivity contribution is 4.92. The van der Waals surface area contributed by atoms with E-state index in [1.807, 2.05) is 13.1 Å². The Labute approximate surface area is 93.8 Å². The van der Waals surface area contributed by atoms with Crippen LogP contribution >= 0.6 is 0 Å². The van der Waals surface area contributed by atoms with Crippen LogP contribution < -0.4 is 5.32 Å². The Kier molecular flexibility index (Phi) is 8.67. The van der Waals surface area contributed by atoms with Crippen LogP contribution in [0, 0.1) is 5.41 Å². The van der Waals surface area contributed by atoms with E-state index in [0.717, 1.165) is 26.0 Å². The monoisotopic (exact) mass is 215 g/mol. The van der Waals surface area contributed by atoms with Gasteiger partial charge < -0.3 is 14.8 Å². The van der Waals surface area contributed by atoms with Crippen LogP contribution in [0.1, 0.15) is 19.8 Å². The number of methoxy groups -OCH3 is 1. The maximum Gasteiger partial charge on any atom is 0.0700 e. The van der Waals surface area contributed by atoms with Gasteiger partial charge in [0.25, 0.3) is 0 Å². The van der Waals surface area contributed by atoms with Gasteiger partial charge in [0.2, 0.25) is 0 Å². The average Bonchev–Trinajstić information content (AvgIpc) is 2.24. The molecule has 0 aliphatic heterocycles.